The minimum Gasteiger partial charge on any atom is -0.493 e. The van der Waals surface area contributed by atoms with E-state index >= 15 is 0 Å². The van der Waals surface area contributed by atoms with Gasteiger partial charge in [-0.05, 0) is 42.3 Å². The van der Waals surface area contributed by atoms with Crippen LogP contribution in [0.25, 0.3) is 0 Å². The van der Waals surface area contributed by atoms with Crippen LogP contribution in [-0.4, -0.2) is 18.4 Å². The molecule has 0 bridgehead atoms. The first-order chi connectivity index (χ1) is 15.6. The lowest BCUT2D eigenvalue weighted by Gasteiger charge is -2.14. The van der Waals surface area contributed by atoms with Gasteiger partial charge < -0.3 is 9.47 Å². The summed E-state index contributed by atoms with van der Waals surface area (Å²) < 4.78 is 12.3. The smallest absolute Gasteiger partial charge is 0.273 e. The molecule has 6 nitrogen and oxygen atoms in total. The number of nitrogens with one attached hydrogen (secondary N) is 2. The molecule has 2 amide bonds. The molecule has 0 radical (unpaired) electrons. The summed E-state index contributed by atoms with van der Waals surface area (Å²) in [7, 11) is 0. The van der Waals surface area contributed by atoms with E-state index in [1.807, 2.05) is 30.3 Å². The van der Waals surface area contributed by atoms with E-state index in [0.29, 0.717) is 35.8 Å². The van der Waals surface area contributed by atoms with Gasteiger partial charge in [0.1, 0.15) is 18.1 Å². The van der Waals surface area contributed by atoms with Gasteiger partial charge >= 0.3 is 0 Å². The topological polar surface area (TPSA) is 76.7 Å². The second-order valence-corrected chi connectivity index (χ2v) is 7.94. The summed E-state index contributed by atoms with van der Waals surface area (Å²) in [4.78, 5) is 25.5. The molecule has 32 heavy (non-hydrogen) atoms. The van der Waals surface area contributed by atoms with Crippen LogP contribution >= 0.6 is 15.9 Å². The van der Waals surface area contributed by atoms with Gasteiger partial charge in [-0.15, -0.1) is 0 Å². The van der Waals surface area contributed by atoms with Crippen molar-refractivity contribution >= 4 is 27.7 Å². The average molecular weight is 497 g/mol. The Morgan fingerprint density at radius 1 is 0.812 bits per heavy atom. The van der Waals surface area contributed by atoms with Gasteiger partial charge in [0.25, 0.3) is 11.8 Å². The summed E-state index contributed by atoms with van der Waals surface area (Å²) in [6, 6.07) is 21.7. The highest BCUT2D eigenvalue weighted by atomic mass is 79.9. The molecule has 2 N–H and O–H groups in total. The summed E-state index contributed by atoms with van der Waals surface area (Å²) in [6.07, 6.45) is 1.87. The van der Waals surface area contributed by atoms with E-state index in [9.17, 15) is 9.59 Å². The predicted octanol–water partition coefficient (Wildman–Crippen LogP) is 5.28. The van der Waals surface area contributed by atoms with Gasteiger partial charge in [-0.1, -0.05) is 71.7 Å². The van der Waals surface area contributed by atoms with Crippen LogP contribution < -0.4 is 20.3 Å². The number of rotatable bonds is 9. The zero-order valence-electron chi connectivity index (χ0n) is 17.8. The van der Waals surface area contributed by atoms with Crippen molar-refractivity contribution in [3.63, 3.8) is 0 Å². The number of carbonyl (C=O) groups is 2. The summed E-state index contributed by atoms with van der Waals surface area (Å²) in [6.45, 7) is 2.90. The fourth-order valence-electron chi connectivity index (χ4n) is 2.90. The first-order valence-electron chi connectivity index (χ1n) is 10.4. The molecule has 3 rings (SSSR count). The van der Waals surface area contributed by atoms with Gasteiger partial charge in [0.15, 0.2) is 0 Å². The van der Waals surface area contributed by atoms with Crippen LogP contribution in [0, 0.1) is 0 Å². The van der Waals surface area contributed by atoms with Crippen LogP contribution in [0.1, 0.15) is 46.0 Å². The highest BCUT2D eigenvalue weighted by molar-refractivity contribution is 9.10. The average Bonchev–Trinajstić information content (AvgIpc) is 2.83. The standard InChI is InChI=1S/C25H25BrN2O4/c1-2-3-15-31-23-14-13-19(26)16-21(23)25(30)28-27-24(29)20-11-7-8-12-22(20)32-17-18-9-5-4-6-10-18/h4-14,16H,2-3,15,17H2,1H3,(H,27,29)(H,28,30). The lowest BCUT2D eigenvalue weighted by atomic mass is 10.2. The number of hydrazine groups is 1. The van der Waals surface area contributed by atoms with Crippen molar-refractivity contribution in [2.45, 2.75) is 26.4 Å². The van der Waals surface area contributed by atoms with E-state index in [-0.39, 0.29) is 0 Å². The van der Waals surface area contributed by atoms with Crippen molar-refractivity contribution in [3.05, 3.63) is 94.0 Å². The van der Waals surface area contributed by atoms with Crippen LogP contribution in [0.2, 0.25) is 0 Å². The van der Waals surface area contributed by atoms with Crippen LogP contribution in [0.4, 0.5) is 0 Å². The third-order valence-electron chi connectivity index (χ3n) is 4.60. The molecular formula is C25H25BrN2O4. The van der Waals surface area contributed by atoms with Crippen molar-refractivity contribution in [3.8, 4) is 11.5 Å². The summed E-state index contributed by atoms with van der Waals surface area (Å²) in [5.74, 6) is -0.0755. The SMILES string of the molecule is CCCCOc1ccc(Br)cc1C(=O)NNC(=O)c1ccccc1OCc1ccccc1. The van der Waals surface area contributed by atoms with Crippen molar-refractivity contribution in [1.82, 2.24) is 10.9 Å². The maximum Gasteiger partial charge on any atom is 0.273 e. The van der Waals surface area contributed by atoms with E-state index in [0.717, 1.165) is 22.9 Å². The Labute approximate surface area is 196 Å². The zero-order chi connectivity index (χ0) is 22.8. The monoisotopic (exact) mass is 496 g/mol. The Morgan fingerprint density at radius 2 is 1.47 bits per heavy atom. The number of benzene rings is 3. The molecule has 0 saturated heterocycles. The number of carbonyl (C=O) groups excluding carboxylic acids is 2. The molecule has 0 aliphatic heterocycles. The minimum absolute atomic E-state index is 0.317. The number of amides is 2. The van der Waals surface area contributed by atoms with E-state index in [1.165, 1.54) is 0 Å². The molecule has 0 atom stereocenters. The van der Waals surface area contributed by atoms with Gasteiger partial charge in [-0.3, -0.25) is 20.4 Å². The molecular weight excluding hydrogens is 472 g/mol. The highest BCUT2D eigenvalue weighted by Gasteiger charge is 2.17. The highest BCUT2D eigenvalue weighted by Crippen LogP contribution is 2.24. The van der Waals surface area contributed by atoms with Crippen molar-refractivity contribution in [2.75, 3.05) is 6.61 Å². The van der Waals surface area contributed by atoms with Gasteiger partial charge in [0.05, 0.1) is 17.7 Å². The second kappa shape index (κ2) is 11.9. The Kier molecular flexibility index (Phi) is 8.69. The fraction of sp³-hybridized carbons (Fsp3) is 0.200. The molecule has 0 heterocycles. The van der Waals surface area contributed by atoms with Gasteiger partial charge in [-0.2, -0.15) is 0 Å². The van der Waals surface area contributed by atoms with E-state index < -0.39 is 11.8 Å². The Balaban J connectivity index is 1.65. The maximum absolute atomic E-state index is 12.7. The van der Waals surface area contributed by atoms with Gasteiger partial charge in [0.2, 0.25) is 0 Å². The maximum atomic E-state index is 12.7. The summed E-state index contributed by atoms with van der Waals surface area (Å²) >= 11 is 3.37. The fourth-order valence-corrected chi connectivity index (χ4v) is 3.26. The number of halogens is 1. The summed E-state index contributed by atoms with van der Waals surface area (Å²) in [5.41, 5.74) is 6.55. The number of hydrogen-bond acceptors (Lipinski definition) is 4. The number of ether oxygens (including phenoxy) is 2. The van der Waals surface area contributed by atoms with E-state index in [4.69, 9.17) is 9.47 Å². The second-order valence-electron chi connectivity index (χ2n) is 7.02. The van der Waals surface area contributed by atoms with Crippen LogP contribution in [0.5, 0.6) is 11.5 Å². The summed E-state index contributed by atoms with van der Waals surface area (Å²) in [5, 5.41) is 0. The van der Waals surface area contributed by atoms with E-state index in [2.05, 4.69) is 33.7 Å². The van der Waals surface area contributed by atoms with Gasteiger partial charge in [-0.25, -0.2) is 0 Å². The van der Waals surface area contributed by atoms with Crippen molar-refractivity contribution in [1.29, 1.82) is 0 Å². The van der Waals surface area contributed by atoms with Crippen molar-refractivity contribution < 1.29 is 19.1 Å². The van der Waals surface area contributed by atoms with Crippen LogP contribution in [-0.2, 0) is 6.61 Å². The zero-order valence-corrected chi connectivity index (χ0v) is 19.4. The van der Waals surface area contributed by atoms with Crippen LogP contribution in [0.15, 0.2) is 77.3 Å². The first kappa shape index (κ1) is 23.3. The van der Waals surface area contributed by atoms with Crippen molar-refractivity contribution in [2.24, 2.45) is 0 Å². The molecule has 0 spiro atoms. The number of para-hydroxylation sites is 1. The molecule has 3 aromatic carbocycles. The Bertz CT molecular complexity index is 1060. The molecule has 7 heteroatoms. The number of unbranched alkanes of at least 4 members (excludes halogenated alkanes) is 1. The van der Waals surface area contributed by atoms with E-state index in [1.54, 1.807) is 42.5 Å². The quantitative estimate of drug-likeness (QED) is 0.312. The third-order valence-corrected chi connectivity index (χ3v) is 5.09. The third kappa shape index (κ3) is 6.59. The molecule has 0 aliphatic rings. The first-order valence-corrected chi connectivity index (χ1v) is 11.2. The largest absolute Gasteiger partial charge is 0.493 e. The molecule has 0 aliphatic carbocycles. The molecule has 166 valence electrons. The Hall–Kier alpha value is -3.32. The lowest BCUT2D eigenvalue weighted by molar-refractivity contribution is 0.0841. The van der Waals surface area contributed by atoms with Gasteiger partial charge in [0, 0.05) is 4.47 Å². The lowest BCUT2D eigenvalue weighted by Crippen LogP contribution is -2.41. The predicted molar refractivity (Wildman–Crippen MR) is 127 cm³/mol. The Morgan fingerprint density at radius 3 is 2.22 bits per heavy atom. The molecule has 0 saturated carbocycles. The number of hydrogen-bond donors (Lipinski definition) is 2. The van der Waals surface area contributed by atoms with Crippen LogP contribution in [0.3, 0.4) is 0 Å². The molecule has 0 fully saturated rings. The molecule has 0 unspecified atom stereocenters. The minimum atomic E-state index is -0.481. The normalized spacial score (nSPS) is 10.3. The molecule has 0 aromatic heterocycles. The molecule has 3 aromatic rings.